The number of likely N-dealkylation sites (N-methyl/N-ethyl adjacent to an activating group) is 2. The topological polar surface area (TPSA) is 191 Å². The van der Waals surface area contributed by atoms with E-state index in [1.54, 1.807) is 25.1 Å². The highest BCUT2D eigenvalue weighted by molar-refractivity contribution is 7.91. The molecular weight excluding hydrogens is 722 g/mol. The van der Waals surface area contributed by atoms with E-state index in [2.05, 4.69) is 15.6 Å². The molecule has 288 valence electrons. The smallest absolute Gasteiger partial charge is 0.312 e. The fourth-order valence-corrected chi connectivity index (χ4v) is 8.81. The van der Waals surface area contributed by atoms with Gasteiger partial charge in [0.05, 0.1) is 23.6 Å². The summed E-state index contributed by atoms with van der Waals surface area (Å²) >= 11 is 0. The normalized spacial score (nSPS) is 21.7. The quantitative estimate of drug-likeness (QED) is 0.280. The summed E-state index contributed by atoms with van der Waals surface area (Å²) in [6, 6.07) is 11.3. The lowest BCUT2D eigenvalue weighted by Crippen LogP contribution is -2.57. The molecule has 2 bridgehead atoms. The second-order valence-electron chi connectivity index (χ2n) is 14.7. The Morgan fingerprint density at radius 2 is 1.56 bits per heavy atom. The zero-order valence-electron chi connectivity index (χ0n) is 30.6. The number of nitrogens with one attached hydrogen (secondary N) is 2. The molecule has 4 aliphatic rings. The first kappa shape index (κ1) is 38.6. The predicted octanol–water partition coefficient (Wildman–Crippen LogP) is 1.06. The Bertz CT molecular complexity index is 2170. The van der Waals surface area contributed by atoms with E-state index in [-0.39, 0.29) is 56.1 Å². The highest BCUT2D eigenvalue weighted by Gasteiger charge is 2.55. The first-order chi connectivity index (χ1) is 25.4. The van der Waals surface area contributed by atoms with Gasteiger partial charge in [-0.2, -0.15) is 0 Å². The number of sulfone groups is 1. The molecule has 0 atom stereocenters. The number of fused-ring (bicyclic) bond motifs is 2. The van der Waals surface area contributed by atoms with Gasteiger partial charge < -0.3 is 25.5 Å². The molecule has 2 fully saturated rings. The van der Waals surface area contributed by atoms with Gasteiger partial charge >= 0.3 is 11.8 Å². The minimum atomic E-state index is -3.01. The van der Waals surface area contributed by atoms with E-state index in [4.69, 9.17) is 0 Å². The minimum Gasteiger partial charge on any atom is -0.501 e. The lowest BCUT2D eigenvalue weighted by molar-refractivity contribution is -0.154. The SMILES string of the molecule is Cc1cc(CNC(=O)c2nc3n(c(=O)c2O)CC2(NC(=O)c4ccc(CN5CCS(=O)(=O)CC5)cc4)CCC3(N(C)C(=O)C(=O)N(C)C)CC2)ccc1F. The second-order valence-corrected chi connectivity index (χ2v) is 17.0. The number of aromatic nitrogens is 2. The number of aryl methyl sites for hydroxylation is 1. The summed E-state index contributed by atoms with van der Waals surface area (Å²) in [6.45, 7) is 2.80. The van der Waals surface area contributed by atoms with Crippen molar-refractivity contribution in [1.29, 1.82) is 0 Å². The largest absolute Gasteiger partial charge is 0.501 e. The van der Waals surface area contributed by atoms with Crippen molar-refractivity contribution in [3.63, 3.8) is 0 Å². The van der Waals surface area contributed by atoms with Crippen molar-refractivity contribution in [2.24, 2.45) is 0 Å². The molecule has 4 amide bonds. The first-order valence-electron chi connectivity index (χ1n) is 17.7. The maximum absolute atomic E-state index is 14.0. The molecule has 4 heterocycles. The zero-order valence-corrected chi connectivity index (χ0v) is 31.5. The van der Waals surface area contributed by atoms with Crippen molar-refractivity contribution in [3.8, 4) is 5.75 Å². The number of carbonyl (C=O) groups excluding carboxylic acids is 4. The van der Waals surface area contributed by atoms with Crippen LogP contribution in [0.5, 0.6) is 5.75 Å². The number of benzene rings is 2. The fraction of sp³-hybridized carbons (Fsp3) is 0.459. The molecule has 0 spiro atoms. The maximum Gasteiger partial charge on any atom is 0.312 e. The van der Waals surface area contributed by atoms with Crippen LogP contribution in [0, 0.1) is 12.7 Å². The fourth-order valence-electron chi connectivity index (χ4n) is 7.53. The number of amides is 4. The van der Waals surface area contributed by atoms with Gasteiger partial charge in [0, 0.05) is 52.9 Å². The van der Waals surface area contributed by atoms with E-state index in [0.29, 0.717) is 36.3 Å². The van der Waals surface area contributed by atoms with Crippen molar-refractivity contribution in [2.45, 2.75) is 63.3 Å². The van der Waals surface area contributed by atoms with Crippen LogP contribution < -0.4 is 16.2 Å². The molecule has 1 saturated carbocycles. The van der Waals surface area contributed by atoms with E-state index in [0.717, 1.165) is 10.5 Å². The molecule has 17 heteroatoms. The summed E-state index contributed by atoms with van der Waals surface area (Å²) in [7, 11) is 1.30. The van der Waals surface area contributed by atoms with Crippen molar-refractivity contribution in [3.05, 3.63) is 92.4 Å². The number of aromatic hydroxyl groups is 1. The number of rotatable bonds is 8. The van der Waals surface area contributed by atoms with Gasteiger partial charge in [-0.25, -0.2) is 17.8 Å². The van der Waals surface area contributed by atoms with E-state index < -0.39 is 67.4 Å². The van der Waals surface area contributed by atoms with Crippen molar-refractivity contribution < 1.29 is 37.1 Å². The van der Waals surface area contributed by atoms with Gasteiger partial charge in [0.1, 0.15) is 17.2 Å². The number of halogens is 1. The average Bonchev–Trinajstić information content (AvgIpc) is 3.37. The van der Waals surface area contributed by atoms with Crippen molar-refractivity contribution in [1.82, 2.24) is 34.9 Å². The molecule has 54 heavy (non-hydrogen) atoms. The molecule has 0 unspecified atom stereocenters. The van der Waals surface area contributed by atoms with Crippen LogP contribution in [0.4, 0.5) is 4.39 Å². The lowest BCUT2D eigenvalue weighted by atomic mass is 9.72. The molecule has 15 nitrogen and oxygen atoms in total. The Labute approximate surface area is 312 Å². The number of nitrogens with zero attached hydrogens (tertiary/aromatic N) is 5. The summed E-state index contributed by atoms with van der Waals surface area (Å²) in [4.78, 5) is 76.7. The number of hydrogen-bond donors (Lipinski definition) is 3. The third kappa shape index (κ3) is 7.46. The first-order valence-corrected chi connectivity index (χ1v) is 19.5. The molecule has 0 radical (unpaired) electrons. The van der Waals surface area contributed by atoms with E-state index in [1.165, 1.54) is 42.7 Å². The van der Waals surface area contributed by atoms with E-state index >= 15 is 0 Å². The van der Waals surface area contributed by atoms with Gasteiger partial charge in [-0.1, -0.05) is 24.3 Å². The molecule has 1 aromatic heterocycles. The molecule has 7 rings (SSSR count). The molecule has 3 aliphatic heterocycles. The summed E-state index contributed by atoms with van der Waals surface area (Å²) in [6.07, 6.45) is 0.844. The third-order valence-corrected chi connectivity index (χ3v) is 12.5. The van der Waals surface area contributed by atoms with E-state index in [9.17, 15) is 41.9 Å². The summed E-state index contributed by atoms with van der Waals surface area (Å²) in [5.41, 5.74) is -1.70. The van der Waals surface area contributed by atoms with Gasteiger partial charge in [0.2, 0.25) is 5.75 Å². The summed E-state index contributed by atoms with van der Waals surface area (Å²) in [5.74, 6) is -4.08. The second kappa shape index (κ2) is 14.6. The Kier molecular flexibility index (Phi) is 10.4. The molecule has 3 N–H and O–H groups in total. The van der Waals surface area contributed by atoms with Crippen molar-refractivity contribution in [2.75, 3.05) is 45.7 Å². The standard InChI is InChI=1S/C37H44FN7O8S/c1-23-19-25(7-10-27(23)38)20-39-31(48)28-29(46)32(49)45-22-36(11-13-37(14-12-36,35(45)40-28)43(4)34(51)33(50)42(2)3)41-30(47)26-8-5-24(6-9-26)21-44-15-17-54(52,53)18-16-44/h5-10,19,46H,11-18,20-22H2,1-4H3,(H,39,48)(H,41,47). The highest BCUT2D eigenvalue weighted by atomic mass is 32.2. The zero-order chi connectivity index (χ0) is 39.2. The van der Waals surface area contributed by atoms with Crippen LogP contribution in [-0.4, -0.2) is 113 Å². The van der Waals surface area contributed by atoms with Gasteiger partial charge in [-0.3, -0.25) is 33.4 Å². The van der Waals surface area contributed by atoms with Crippen molar-refractivity contribution >= 4 is 33.5 Å². The molecule has 1 aliphatic carbocycles. The maximum atomic E-state index is 14.0. The van der Waals surface area contributed by atoms with Gasteiger partial charge in [-0.15, -0.1) is 0 Å². The Morgan fingerprint density at radius 1 is 0.926 bits per heavy atom. The van der Waals surface area contributed by atoms with Crippen LogP contribution >= 0.6 is 0 Å². The molecule has 3 aromatic rings. The number of hydrogen-bond acceptors (Lipinski definition) is 10. The predicted molar refractivity (Wildman–Crippen MR) is 195 cm³/mol. The number of carbonyl (C=O) groups is 4. The summed E-state index contributed by atoms with van der Waals surface area (Å²) in [5, 5.41) is 16.9. The van der Waals surface area contributed by atoms with Crippen LogP contribution in [-0.2, 0) is 44.6 Å². The molecular formula is C37H44FN7O8S. The van der Waals surface area contributed by atoms with Crippen LogP contribution in [0.1, 0.15) is 69.0 Å². The van der Waals surface area contributed by atoms with Gasteiger partial charge in [-0.05, 0) is 67.5 Å². The lowest BCUT2D eigenvalue weighted by Gasteiger charge is -2.46. The van der Waals surface area contributed by atoms with Crippen LogP contribution in [0.25, 0.3) is 0 Å². The Balaban J connectivity index is 1.29. The van der Waals surface area contributed by atoms with Crippen LogP contribution in [0.15, 0.2) is 47.3 Å². The Hall–Kier alpha value is -5.16. The monoisotopic (exact) mass is 765 g/mol. The Morgan fingerprint density at radius 3 is 2.17 bits per heavy atom. The third-order valence-electron chi connectivity index (χ3n) is 10.9. The van der Waals surface area contributed by atoms with Gasteiger partial charge in [0.15, 0.2) is 15.5 Å². The van der Waals surface area contributed by atoms with Gasteiger partial charge in [0.25, 0.3) is 17.4 Å². The average molecular weight is 766 g/mol. The van der Waals surface area contributed by atoms with Crippen LogP contribution in [0.2, 0.25) is 0 Å². The summed E-state index contributed by atoms with van der Waals surface area (Å²) < 4.78 is 38.6. The minimum absolute atomic E-state index is 0.000952. The van der Waals surface area contributed by atoms with E-state index in [1.807, 2.05) is 17.0 Å². The highest BCUT2D eigenvalue weighted by Crippen LogP contribution is 2.48. The molecule has 1 saturated heterocycles. The van der Waals surface area contributed by atoms with Crippen LogP contribution in [0.3, 0.4) is 0 Å². The molecule has 2 aromatic carbocycles.